The molecule has 2 heterocycles. The molecule has 5 nitrogen and oxygen atoms in total. The van der Waals surface area contributed by atoms with Crippen LogP contribution in [0.5, 0.6) is 0 Å². The Hall–Kier alpha value is -2.21. The minimum absolute atomic E-state index is 0.0597. The standard InChI is InChI=1S/C17H17N3O2S/c1-11-18-16(20-22-11)17(8-4-5-9-17)19-15(21)14-10-12-6-2-3-7-13(12)23-14/h2-3,6-7,10H,4-5,8-9H2,1H3,(H,19,21). The van der Waals surface area contributed by atoms with E-state index in [4.69, 9.17) is 4.52 Å². The van der Waals surface area contributed by atoms with Crippen LogP contribution in [0.4, 0.5) is 0 Å². The summed E-state index contributed by atoms with van der Waals surface area (Å²) in [5.74, 6) is 1.07. The molecule has 0 spiro atoms. The number of hydrogen-bond acceptors (Lipinski definition) is 5. The number of thiophene rings is 1. The largest absolute Gasteiger partial charge is 0.340 e. The normalized spacial score (nSPS) is 16.7. The van der Waals surface area contributed by atoms with Crippen LogP contribution in [0.3, 0.4) is 0 Å². The molecule has 1 aliphatic carbocycles. The van der Waals surface area contributed by atoms with E-state index in [-0.39, 0.29) is 5.91 Å². The second-order valence-corrected chi connectivity index (χ2v) is 7.11. The van der Waals surface area contributed by atoms with E-state index in [0.717, 1.165) is 40.6 Å². The lowest BCUT2D eigenvalue weighted by Crippen LogP contribution is -2.44. The molecule has 118 valence electrons. The number of nitrogens with zero attached hydrogens (tertiary/aromatic N) is 2. The number of amides is 1. The van der Waals surface area contributed by atoms with E-state index in [1.54, 1.807) is 6.92 Å². The summed E-state index contributed by atoms with van der Waals surface area (Å²) in [5.41, 5.74) is -0.495. The molecular formula is C17H17N3O2S. The van der Waals surface area contributed by atoms with Gasteiger partial charge in [-0.2, -0.15) is 4.98 Å². The topological polar surface area (TPSA) is 68.0 Å². The quantitative estimate of drug-likeness (QED) is 0.794. The van der Waals surface area contributed by atoms with Gasteiger partial charge < -0.3 is 9.84 Å². The van der Waals surface area contributed by atoms with Crippen molar-refractivity contribution in [2.24, 2.45) is 0 Å². The Morgan fingerprint density at radius 3 is 2.78 bits per heavy atom. The zero-order chi connectivity index (χ0) is 15.9. The second kappa shape index (κ2) is 5.45. The van der Waals surface area contributed by atoms with Crippen LogP contribution in [-0.4, -0.2) is 16.0 Å². The van der Waals surface area contributed by atoms with Crippen molar-refractivity contribution in [3.8, 4) is 0 Å². The van der Waals surface area contributed by atoms with Crippen LogP contribution in [0.2, 0.25) is 0 Å². The van der Waals surface area contributed by atoms with Crippen molar-refractivity contribution in [1.29, 1.82) is 0 Å². The molecule has 0 unspecified atom stereocenters. The Balaban J connectivity index is 1.65. The van der Waals surface area contributed by atoms with Crippen molar-refractivity contribution in [3.05, 3.63) is 46.9 Å². The maximum Gasteiger partial charge on any atom is 0.262 e. The summed E-state index contributed by atoms with van der Waals surface area (Å²) in [6.45, 7) is 1.77. The van der Waals surface area contributed by atoms with Gasteiger partial charge in [-0.1, -0.05) is 36.2 Å². The third-order valence-corrected chi connectivity index (χ3v) is 5.53. The zero-order valence-corrected chi connectivity index (χ0v) is 13.7. The zero-order valence-electron chi connectivity index (χ0n) is 12.8. The maximum absolute atomic E-state index is 12.8. The van der Waals surface area contributed by atoms with Gasteiger partial charge in [0.15, 0.2) is 5.82 Å². The predicted octanol–water partition coefficient (Wildman–Crippen LogP) is 3.79. The number of rotatable bonds is 3. The van der Waals surface area contributed by atoms with Gasteiger partial charge in [0.05, 0.1) is 4.88 Å². The highest BCUT2D eigenvalue weighted by Gasteiger charge is 2.41. The number of carbonyl (C=O) groups is 1. The van der Waals surface area contributed by atoms with E-state index in [0.29, 0.717) is 11.7 Å². The third-order valence-electron chi connectivity index (χ3n) is 4.41. The fourth-order valence-corrected chi connectivity index (χ4v) is 4.21. The van der Waals surface area contributed by atoms with Crippen LogP contribution in [0, 0.1) is 6.92 Å². The molecule has 4 rings (SSSR count). The average molecular weight is 327 g/mol. The number of aromatic nitrogens is 2. The molecular weight excluding hydrogens is 310 g/mol. The highest BCUT2D eigenvalue weighted by atomic mass is 32.1. The summed E-state index contributed by atoms with van der Waals surface area (Å²) < 4.78 is 6.25. The minimum atomic E-state index is -0.495. The molecule has 0 saturated heterocycles. The van der Waals surface area contributed by atoms with Gasteiger partial charge in [0.1, 0.15) is 5.54 Å². The van der Waals surface area contributed by atoms with E-state index < -0.39 is 5.54 Å². The van der Waals surface area contributed by atoms with E-state index in [1.165, 1.54) is 11.3 Å². The molecule has 0 radical (unpaired) electrons. The van der Waals surface area contributed by atoms with E-state index in [2.05, 4.69) is 15.5 Å². The van der Waals surface area contributed by atoms with E-state index in [1.807, 2.05) is 30.3 Å². The lowest BCUT2D eigenvalue weighted by atomic mass is 9.96. The Morgan fingerprint density at radius 2 is 2.09 bits per heavy atom. The van der Waals surface area contributed by atoms with Crippen LogP contribution >= 0.6 is 11.3 Å². The molecule has 1 fully saturated rings. The smallest absolute Gasteiger partial charge is 0.262 e. The molecule has 0 aliphatic heterocycles. The van der Waals surface area contributed by atoms with Crippen LogP contribution in [0.1, 0.15) is 47.1 Å². The number of aryl methyl sites for hydroxylation is 1. The number of nitrogens with one attached hydrogen (secondary N) is 1. The highest BCUT2D eigenvalue weighted by molar-refractivity contribution is 7.20. The molecule has 23 heavy (non-hydrogen) atoms. The van der Waals surface area contributed by atoms with Gasteiger partial charge in [0.25, 0.3) is 5.91 Å². The first kappa shape index (κ1) is 14.4. The molecule has 1 aliphatic rings. The van der Waals surface area contributed by atoms with Gasteiger partial charge in [0, 0.05) is 11.6 Å². The summed E-state index contributed by atoms with van der Waals surface area (Å²) in [6.07, 6.45) is 3.81. The van der Waals surface area contributed by atoms with E-state index in [9.17, 15) is 4.79 Å². The third kappa shape index (κ3) is 2.53. The monoisotopic (exact) mass is 327 g/mol. The second-order valence-electron chi connectivity index (χ2n) is 6.03. The Labute approximate surface area is 137 Å². The van der Waals surface area contributed by atoms with Crippen molar-refractivity contribution >= 4 is 27.3 Å². The first-order valence-corrected chi connectivity index (χ1v) is 8.60. The average Bonchev–Trinajstić information content (AvgIpc) is 3.25. The number of carbonyl (C=O) groups excluding carboxylic acids is 1. The van der Waals surface area contributed by atoms with Crippen LogP contribution in [0.25, 0.3) is 10.1 Å². The van der Waals surface area contributed by atoms with Crippen molar-refractivity contribution in [3.63, 3.8) is 0 Å². The van der Waals surface area contributed by atoms with Crippen LogP contribution < -0.4 is 5.32 Å². The number of fused-ring (bicyclic) bond motifs is 1. The molecule has 1 amide bonds. The van der Waals surface area contributed by atoms with Crippen LogP contribution in [-0.2, 0) is 5.54 Å². The number of hydrogen-bond donors (Lipinski definition) is 1. The SMILES string of the molecule is Cc1nc(C2(NC(=O)c3cc4ccccc4s3)CCCC2)no1. The molecule has 1 saturated carbocycles. The predicted molar refractivity (Wildman–Crippen MR) is 88.5 cm³/mol. The Bertz CT molecular complexity index is 828. The van der Waals surface area contributed by atoms with Crippen molar-refractivity contribution in [2.45, 2.75) is 38.1 Å². The summed E-state index contributed by atoms with van der Waals surface area (Å²) in [6, 6.07) is 9.97. The lowest BCUT2D eigenvalue weighted by Gasteiger charge is -2.26. The molecule has 6 heteroatoms. The van der Waals surface area contributed by atoms with Crippen molar-refractivity contribution < 1.29 is 9.32 Å². The summed E-state index contributed by atoms with van der Waals surface area (Å²) >= 11 is 1.51. The fourth-order valence-electron chi connectivity index (χ4n) is 3.25. The summed E-state index contributed by atoms with van der Waals surface area (Å²) in [7, 11) is 0. The molecule has 2 aromatic heterocycles. The van der Waals surface area contributed by atoms with Gasteiger partial charge in [0.2, 0.25) is 5.89 Å². The molecule has 1 aromatic carbocycles. The van der Waals surface area contributed by atoms with Gasteiger partial charge in [-0.25, -0.2) is 0 Å². The molecule has 1 N–H and O–H groups in total. The maximum atomic E-state index is 12.8. The van der Waals surface area contributed by atoms with Gasteiger partial charge >= 0.3 is 0 Å². The van der Waals surface area contributed by atoms with Gasteiger partial charge in [-0.15, -0.1) is 11.3 Å². The van der Waals surface area contributed by atoms with Gasteiger partial charge in [-0.05, 0) is 30.4 Å². The molecule has 3 aromatic rings. The van der Waals surface area contributed by atoms with Crippen LogP contribution in [0.15, 0.2) is 34.9 Å². The first-order valence-electron chi connectivity index (χ1n) is 7.78. The fraction of sp³-hybridized carbons (Fsp3) is 0.353. The molecule has 0 bridgehead atoms. The highest BCUT2D eigenvalue weighted by Crippen LogP contribution is 2.38. The summed E-state index contributed by atoms with van der Waals surface area (Å²) in [4.78, 5) is 17.9. The van der Waals surface area contributed by atoms with Crippen molar-refractivity contribution in [1.82, 2.24) is 15.5 Å². The minimum Gasteiger partial charge on any atom is -0.340 e. The first-order chi connectivity index (χ1) is 11.2. The molecule has 0 atom stereocenters. The number of benzene rings is 1. The van der Waals surface area contributed by atoms with E-state index >= 15 is 0 Å². The van der Waals surface area contributed by atoms with Gasteiger partial charge in [-0.3, -0.25) is 4.79 Å². The lowest BCUT2D eigenvalue weighted by molar-refractivity contribution is 0.0896. The van der Waals surface area contributed by atoms with Crippen molar-refractivity contribution in [2.75, 3.05) is 0 Å². The Kier molecular flexibility index (Phi) is 3.41. The summed E-state index contributed by atoms with van der Waals surface area (Å²) in [5, 5.41) is 8.34. The Morgan fingerprint density at radius 1 is 1.30 bits per heavy atom.